The number of nitrogens with two attached hydrogens (primary N) is 1. The van der Waals surface area contributed by atoms with Gasteiger partial charge in [-0.15, -0.1) is 0 Å². The molecule has 2 atom stereocenters. The van der Waals surface area contributed by atoms with E-state index in [1.807, 2.05) is 13.8 Å². The zero-order valence-electron chi connectivity index (χ0n) is 11.6. The zero-order valence-corrected chi connectivity index (χ0v) is 11.6. The summed E-state index contributed by atoms with van der Waals surface area (Å²) in [7, 11) is 0. The van der Waals surface area contributed by atoms with Crippen LogP contribution in [0.4, 0.5) is 11.6 Å². The van der Waals surface area contributed by atoms with Crippen molar-refractivity contribution in [1.29, 1.82) is 0 Å². The first kappa shape index (κ1) is 14.0. The van der Waals surface area contributed by atoms with Crippen molar-refractivity contribution in [1.82, 2.24) is 9.97 Å². The van der Waals surface area contributed by atoms with Crippen molar-refractivity contribution >= 4 is 11.6 Å². The number of hydrogen-bond acceptors (Lipinski definition) is 6. The predicted octanol–water partition coefficient (Wildman–Crippen LogP) is 1.34. The molecule has 1 aromatic heterocycles. The molecule has 19 heavy (non-hydrogen) atoms. The smallest absolute Gasteiger partial charge is 0.148 e. The van der Waals surface area contributed by atoms with Crippen molar-refractivity contribution in [2.45, 2.75) is 45.6 Å². The van der Waals surface area contributed by atoms with Crippen LogP contribution in [0.1, 0.15) is 37.1 Å². The first-order valence-corrected chi connectivity index (χ1v) is 6.85. The second-order valence-electron chi connectivity index (χ2n) is 5.22. The molecule has 1 heterocycles. The van der Waals surface area contributed by atoms with E-state index in [-0.39, 0.29) is 12.6 Å². The minimum atomic E-state index is 0.225. The summed E-state index contributed by atoms with van der Waals surface area (Å²) in [5.41, 5.74) is 3.51. The van der Waals surface area contributed by atoms with Crippen LogP contribution >= 0.6 is 0 Å². The van der Waals surface area contributed by atoms with Gasteiger partial charge in [0.25, 0.3) is 0 Å². The largest absolute Gasteiger partial charge is 0.396 e. The molecule has 1 fully saturated rings. The van der Waals surface area contributed by atoms with E-state index in [0.717, 1.165) is 24.2 Å². The summed E-state index contributed by atoms with van der Waals surface area (Å²) in [5, 5.41) is 12.9. The zero-order chi connectivity index (χ0) is 13.8. The van der Waals surface area contributed by atoms with Gasteiger partial charge in [-0.25, -0.2) is 15.8 Å². The lowest BCUT2D eigenvalue weighted by atomic mass is 9.85. The Hall–Kier alpha value is -1.40. The molecule has 0 spiro atoms. The number of aromatic nitrogens is 2. The van der Waals surface area contributed by atoms with E-state index in [1.165, 1.54) is 12.8 Å². The van der Waals surface area contributed by atoms with E-state index in [4.69, 9.17) is 5.84 Å². The maximum atomic E-state index is 9.46. The van der Waals surface area contributed by atoms with Crippen LogP contribution in [0.2, 0.25) is 0 Å². The van der Waals surface area contributed by atoms with Crippen LogP contribution < -0.4 is 16.6 Å². The summed E-state index contributed by atoms with van der Waals surface area (Å²) < 4.78 is 0. The lowest BCUT2D eigenvalue weighted by Crippen LogP contribution is -2.35. The number of aliphatic hydroxyl groups is 1. The summed E-state index contributed by atoms with van der Waals surface area (Å²) in [4.78, 5) is 8.69. The molecule has 0 aromatic carbocycles. The molecule has 1 aliphatic rings. The van der Waals surface area contributed by atoms with Crippen molar-refractivity contribution in [3.63, 3.8) is 0 Å². The van der Waals surface area contributed by atoms with E-state index in [1.54, 1.807) is 0 Å². The maximum Gasteiger partial charge on any atom is 0.148 e. The van der Waals surface area contributed by atoms with Gasteiger partial charge in [-0.05, 0) is 26.7 Å². The van der Waals surface area contributed by atoms with Gasteiger partial charge in [-0.1, -0.05) is 12.8 Å². The number of nitrogen functional groups attached to an aromatic ring is 1. The Morgan fingerprint density at radius 2 is 1.89 bits per heavy atom. The number of aliphatic hydroxyl groups excluding tert-OH is 1. The molecule has 0 radical (unpaired) electrons. The van der Waals surface area contributed by atoms with Crippen molar-refractivity contribution < 1.29 is 5.11 Å². The highest BCUT2D eigenvalue weighted by molar-refractivity contribution is 5.57. The second-order valence-corrected chi connectivity index (χ2v) is 5.22. The number of anilines is 2. The van der Waals surface area contributed by atoms with Crippen LogP contribution in [0, 0.1) is 19.8 Å². The molecule has 6 nitrogen and oxygen atoms in total. The fourth-order valence-electron chi connectivity index (χ4n) is 2.70. The van der Waals surface area contributed by atoms with Gasteiger partial charge in [0.05, 0.1) is 0 Å². The monoisotopic (exact) mass is 265 g/mol. The van der Waals surface area contributed by atoms with Crippen LogP contribution in [-0.2, 0) is 0 Å². The van der Waals surface area contributed by atoms with Crippen molar-refractivity contribution in [2.24, 2.45) is 11.8 Å². The molecule has 1 aliphatic carbocycles. The molecular formula is C13H23N5O. The normalized spacial score (nSPS) is 23.2. The molecule has 2 unspecified atom stereocenters. The minimum Gasteiger partial charge on any atom is -0.396 e. The second kappa shape index (κ2) is 6.16. The average Bonchev–Trinajstić information content (AvgIpc) is 2.43. The summed E-state index contributed by atoms with van der Waals surface area (Å²) in [5.74, 6) is 7.90. The van der Waals surface area contributed by atoms with Crippen LogP contribution in [0.15, 0.2) is 0 Å². The van der Waals surface area contributed by atoms with Gasteiger partial charge < -0.3 is 15.8 Å². The van der Waals surface area contributed by atoms with E-state index in [0.29, 0.717) is 17.6 Å². The number of hydrogen-bond donors (Lipinski definition) is 4. The number of aryl methyl sites for hydroxylation is 1. The SMILES string of the molecule is Cc1nc(NN)c(C)c(NC2CCCCC2CO)n1. The van der Waals surface area contributed by atoms with Crippen molar-refractivity contribution in [2.75, 3.05) is 17.3 Å². The third-order valence-corrected chi connectivity index (χ3v) is 3.86. The Morgan fingerprint density at radius 3 is 2.58 bits per heavy atom. The summed E-state index contributed by atoms with van der Waals surface area (Å²) >= 11 is 0. The van der Waals surface area contributed by atoms with Crippen molar-refractivity contribution in [3.8, 4) is 0 Å². The molecule has 0 bridgehead atoms. The molecule has 2 rings (SSSR count). The quantitative estimate of drug-likeness (QED) is 0.485. The fraction of sp³-hybridized carbons (Fsp3) is 0.692. The Bertz CT molecular complexity index is 437. The van der Waals surface area contributed by atoms with Crippen molar-refractivity contribution in [3.05, 3.63) is 11.4 Å². The maximum absolute atomic E-state index is 9.46. The van der Waals surface area contributed by atoms with Crippen LogP contribution in [0.3, 0.4) is 0 Å². The van der Waals surface area contributed by atoms with Crippen LogP contribution in [0.25, 0.3) is 0 Å². The fourth-order valence-corrected chi connectivity index (χ4v) is 2.70. The molecule has 0 aliphatic heterocycles. The number of nitrogens with zero attached hydrogens (tertiary/aromatic N) is 2. The molecule has 0 amide bonds. The molecule has 0 saturated heterocycles. The van der Waals surface area contributed by atoms with Gasteiger partial charge >= 0.3 is 0 Å². The van der Waals surface area contributed by atoms with E-state index in [2.05, 4.69) is 20.7 Å². The third kappa shape index (κ3) is 3.13. The standard InChI is InChI=1S/C13H23N5O/c1-8-12(15-9(2)16-13(8)18-14)17-11-6-4-3-5-10(11)7-19/h10-11,19H,3-7,14H2,1-2H3,(H2,15,16,17,18). The number of nitrogens with one attached hydrogen (secondary N) is 2. The van der Waals surface area contributed by atoms with Crippen LogP contribution in [0.5, 0.6) is 0 Å². The molecule has 1 aromatic rings. The van der Waals surface area contributed by atoms with Gasteiger partial charge in [0.1, 0.15) is 17.5 Å². The first-order chi connectivity index (χ1) is 9.15. The Balaban J connectivity index is 2.20. The Morgan fingerprint density at radius 1 is 1.21 bits per heavy atom. The molecule has 1 saturated carbocycles. The molecular weight excluding hydrogens is 242 g/mol. The Labute approximate surface area is 113 Å². The number of hydrazine groups is 1. The Kier molecular flexibility index (Phi) is 4.55. The number of rotatable bonds is 4. The van der Waals surface area contributed by atoms with Gasteiger partial charge in [0, 0.05) is 24.1 Å². The van der Waals surface area contributed by atoms with Gasteiger partial charge in [0.2, 0.25) is 0 Å². The minimum absolute atomic E-state index is 0.225. The van der Waals surface area contributed by atoms with E-state index in [9.17, 15) is 5.11 Å². The van der Waals surface area contributed by atoms with Crippen LogP contribution in [-0.4, -0.2) is 27.7 Å². The van der Waals surface area contributed by atoms with Gasteiger partial charge in [0.15, 0.2) is 0 Å². The predicted molar refractivity (Wildman–Crippen MR) is 75.8 cm³/mol. The summed E-state index contributed by atoms with van der Waals surface area (Å²) in [6, 6.07) is 0.275. The first-order valence-electron chi connectivity index (χ1n) is 6.85. The lowest BCUT2D eigenvalue weighted by Gasteiger charge is -2.31. The van der Waals surface area contributed by atoms with E-state index >= 15 is 0 Å². The highest BCUT2D eigenvalue weighted by Crippen LogP contribution is 2.28. The highest BCUT2D eigenvalue weighted by Gasteiger charge is 2.25. The van der Waals surface area contributed by atoms with E-state index < -0.39 is 0 Å². The lowest BCUT2D eigenvalue weighted by molar-refractivity contribution is 0.178. The summed E-state index contributed by atoms with van der Waals surface area (Å²) in [6.07, 6.45) is 4.53. The van der Waals surface area contributed by atoms with Gasteiger partial charge in [-0.3, -0.25) is 0 Å². The third-order valence-electron chi connectivity index (χ3n) is 3.86. The summed E-state index contributed by atoms with van der Waals surface area (Å²) in [6.45, 7) is 4.01. The van der Waals surface area contributed by atoms with Gasteiger partial charge in [-0.2, -0.15) is 0 Å². The topological polar surface area (TPSA) is 96.1 Å². The molecule has 5 N–H and O–H groups in total. The average molecular weight is 265 g/mol. The molecule has 106 valence electrons. The molecule has 6 heteroatoms. The highest BCUT2D eigenvalue weighted by atomic mass is 16.3.